The maximum Gasteiger partial charge on any atom is 0.107 e. The van der Waals surface area contributed by atoms with Crippen molar-refractivity contribution < 1.29 is 0 Å². The first-order chi connectivity index (χ1) is 7.34. The summed E-state index contributed by atoms with van der Waals surface area (Å²) in [5.41, 5.74) is 1.34. The van der Waals surface area contributed by atoms with E-state index in [0.717, 1.165) is 13.1 Å². The Kier molecular flexibility index (Phi) is 3.48. The molecule has 0 aliphatic rings. The second-order valence-electron chi connectivity index (χ2n) is 3.58. The van der Waals surface area contributed by atoms with Crippen LogP contribution in [-0.4, -0.2) is 16.9 Å². The van der Waals surface area contributed by atoms with Crippen LogP contribution in [0.25, 0.3) is 0 Å². The lowest BCUT2D eigenvalue weighted by Crippen LogP contribution is -2.16. The van der Waals surface area contributed by atoms with Crippen molar-refractivity contribution in [2.75, 3.05) is 7.05 Å². The fourth-order valence-electron chi connectivity index (χ4n) is 1.51. The summed E-state index contributed by atoms with van der Waals surface area (Å²) in [7, 11) is 2.12. The summed E-state index contributed by atoms with van der Waals surface area (Å²) >= 11 is 1.71. The lowest BCUT2D eigenvalue weighted by molar-refractivity contribution is 0.318. The van der Waals surface area contributed by atoms with Gasteiger partial charge in [-0.1, -0.05) is 30.3 Å². The van der Waals surface area contributed by atoms with Crippen molar-refractivity contribution in [3.63, 3.8) is 0 Å². The maximum atomic E-state index is 4.27. The Morgan fingerprint density at radius 1 is 1.20 bits per heavy atom. The van der Waals surface area contributed by atoms with Gasteiger partial charge in [0.15, 0.2) is 0 Å². The van der Waals surface area contributed by atoms with Crippen molar-refractivity contribution in [1.29, 1.82) is 0 Å². The number of aromatic nitrogens is 1. The number of benzene rings is 1. The molecule has 0 radical (unpaired) electrons. The topological polar surface area (TPSA) is 16.1 Å². The van der Waals surface area contributed by atoms with E-state index in [1.807, 2.05) is 17.6 Å². The van der Waals surface area contributed by atoms with Gasteiger partial charge in [0, 0.05) is 18.1 Å². The van der Waals surface area contributed by atoms with Gasteiger partial charge >= 0.3 is 0 Å². The van der Waals surface area contributed by atoms with Gasteiger partial charge in [-0.25, -0.2) is 4.98 Å². The van der Waals surface area contributed by atoms with Gasteiger partial charge in [0.05, 0.1) is 6.54 Å². The summed E-state index contributed by atoms with van der Waals surface area (Å²) in [5, 5.41) is 3.19. The second-order valence-corrected chi connectivity index (χ2v) is 4.56. The normalized spacial score (nSPS) is 10.8. The average molecular weight is 218 g/mol. The quantitative estimate of drug-likeness (QED) is 0.784. The predicted octanol–water partition coefficient (Wildman–Crippen LogP) is 2.78. The number of hydrogen-bond acceptors (Lipinski definition) is 3. The Bertz CT molecular complexity index is 383. The van der Waals surface area contributed by atoms with E-state index < -0.39 is 0 Å². The molecule has 0 aliphatic carbocycles. The van der Waals surface area contributed by atoms with Crippen LogP contribution in [0, 0.1) is 0 Å². The lowest BCUT2D eigenvalue weighted by Gasteiger charge is -2.14. The van der Waals surface area contributed by atoms with Crippen molar-refractivity contribution in [3.05, 3.63) is 52.5 Å². The monoisotopic (exact) mass is 218 g/mol. The molecule has 0 spiro atoms. The van der Waals surface area contributed by atoms with Crippen LogP contribution in [0.3, 0.4) is 0 Å². The number of nitrogens with zero attached hydrogens (tertiary/aromatic N) is 2. The summed E-state index contributed by atoms with van der Waals surface area (Å²) in [6, 6.07) is 10.5. The van der Waals surface area contributed by atoms with Crippen molar-refractivity contribution in [2.45, 2.75) is 13.1 Å². The van der Waals surface area contributed by atoms with Crippen LogP contribution in [0.4, 0.5) is 0 Å². The van der Waals surface area contributed by atoms with E-state index >= 15 is 0 Å². The standard InChI is InChI=1S/C12H14N2S/c1-14(10-12-13-7-8-15-12)9-11-5-3-2-4-6-11/h2-8H,9-10H2,1H3. The zero-order valence-electron chi connectivity index (χ0n) is 8.76. The van der Waals surface area contributed by atoms with Crippen molar-refractivity contribution in [3.8, 4) is 0 Å². The summed E-state index contributed by atoms with van der Waals surface area (Å²) in [6.07, 6.45) is 1.86. The second kappa shape index (κ2) is 5.05. The van der Waals surface area contributed by atoms with E-state index in [0.29, 0.717) is 0 Å². The van der Waals surface area contributed by atoms with Crippen LogP contribution in [0.1, 0.15) is 10.6 Å². The minimum Gasteiger partial charge on any atom is -0.295 e. The lowest BCUT2D eigenvalue weighted by atomic mass is 10.2. The van der Waals surface area contributed by atoms with E-state index in [4.69, 9.17) is 0 Å². The van der Waals surface area contributed by atoms with Crippen molar-refractivity contribution >= 4 is 11.3 Å². The molecule has 15 heavy (non-hydrogen) atoms. The molecule has 0 saturated carbocycles. The molecule has 0 N–H and O–H groups in total. The van der Waals surface area contributed by atoms with Gasteiger partial charge in [-0.05, 0) is 12.6 Å². The highest BCUT2D eigenvalue weighted by Crippen LogP contribution is 2.09. The smallest absolute Gasteiger partial charge is 0.107 e. The Labute approximate surface area is 94.2 Å². The third-order valence-corrected chi connectivity index (χ3v) is 2.95. The van der Waals surface area contributed by atoms with E-state index in [2.05, 4.69) is 41.2 Å². The predicted molar refractivity (Wildman–Crippen MR) is 63.7 cm³/mol. The Morgan fingerprint density at radius 2 is 2.00 bits per heavy atom. The SMILES string of the molecule is CN(Cc1ccccc1)Cc1nccs1. The van der Waals surface area contributed by atoms with Gasteiger partial charge in [-0.15, -0.1) is 11.3 Å². The average Bonchev–Trinajstić information content (AvgIpc) is 2.71. The van der Waals surface area contributed by atoms with Crippen LogP contribution in [0.2, 0.25) is 0 Å². The molecule has 0 amide bonds. The molecule has 0 unspecified atom stereocenters. The molecule has 2 aromatic rings. The molecule has 78 valence electrons. The first-order valence-electron chi connectivity index (χ1n) is 4.95. The van der Waals surface area contributed by atoms with E-state index in [1.165, 1.54) is 10.6 Å². The Hall–Kier alpha value is -1.19. The molecule has 0 fully saturated rings. The minimum atomic E-state index is 0.923. The highest BCUT2D eigenvalue weighted by molar-refractivity contribution is 7.09. The first kappa shape index (κ1) is 10.3. The van der Waals surface area contributed by atoms with E-state index in [-0.39, 0.29) is 0 Å². The van der Waals surface area contributed by atoms with Gasteiger partial charge in [0.2, 0.25) is 0 Å². The Morgan fingerprint density at radius 3 is 2.67 bits per heavy atom. The van der Waals surface area contributed by atoms with Crippen LogP contribution in [0.5, 0.6) is 0 Å². The van der Waals surface area contributed by atoms with Crippen LogP contribution in [0.15, 0.2) is 41.9 Å². The fourth-order valence-corrected chi connectivity index (χ4v) is 2.21. The van der Waals surface area contributed by atoms with Crippen molar-refractivity contribution in [2.24, 2.45) is 0 Å². The van der Waals surface area contributed by atoms with Gasteiger partial charge in [0.25, 0.3) is 0 Å². The third-order valence-electron chi connectivity index (χ3n) is 2.18. The molecule has 3 heteroatoms. The van der Waals surface area contributed by atoms with Crippen molar-refractivity contribution in [1.82, 2.24) is 9.88 Å². The fraction of sp³-hybridized carbons (Fsp3) is 0.250. The molecule has 0 bridgehead atoms. The zero-order chi connectivity index (χ0) is 10.5. The van der Waals surface area contributed by atoms with Gasteiger partial charge in [0.1, 0.15) is 5.01 Å². The summed E-state index contributed by atoms with van der Waals surface area (Å²) < 4.78 is 0. The molecular weight excluding hydrogens is 204 g/mol. The summed E-state index contributed by atoms with van der Waals surface area (Å²) in [5.74, 6) is 0. The molecule has 2 nitrogen and oxygen atoms in total. The molecule has 2 rings (SSSR count). The molecule has 1 aromatic carbocycles. The third kappa shape index (κ3) is 3.15. The Balaban J connectivity index is 1.90. The molecule has 1 heterocycles. The summed E-state index contributed by atoms with van der Waals surface area (Å²) in [6.45, 7) is 1.90. The first-order valence-corrected chi connectivity index (χ1v) is 5.83. The van der Waals surface area contributed by atoms with E-state index in [1.54, 1.807) is 11.3 Å². The molecule has 1 aromatic heterocycles. The van der Waals surface area contributed by atoms with Gasteiger partial charge in [-0.3, -0.25) is 4.90 Å². The highest BCUT2D eigenvalue weighted by atomic mass is 32.1. The number of hydrogen-bond donors (Lipinski definition) is 0. The van der Waals surface area contributed by atoms with E-state index in [9.17, 15) is 0 Å². The van der Waals surface area contributed by atoms with Crippen LogP contribution < -0.4 is 0 Å². The maximum absolute atomic E-state index is 4.27. The zero-order valence-corrected chi connectivity index (χ0v) is 9.57. The number of thiazole rings is 1. The highest BCUT2D eigenvalue weighted by Gasteiger charge is 2.02. The van der Waals surface area contributed by atoms with Gasteiger partial charge < -0.3 is 0 Å². The van der Waals surface area contributed by atoms with Gasteiger partial charge in [-0.2, -0.15) is 0 Å². The molecular formula is C12H14N2S. The number of rotatable bonds is 4. The van der Waals surface area contributed by atoms with Crippen LogP contribution in [-0.2, 0) is 13.1 Å². The largest absolute Gasteiger partial charge is 0.295 e. The minimum absolute atomic E-state index is 0.923. The molecule has 0 saturated heterocycles. The summed E-state index contributed by atoms with van der Waals surface area (Å²) in [4.78, 5) is 6.55. The molecule has 0 atom stereocenters. The molecule has 0 aliphatic heterocycles. The van der Waals surface area contributed by atoms with Crippen LogP contribution >= 0.6 is 11.3 Å².